The largest absolute Gasteiger partial charge is 0.340 e. The molecule has 1 saturated carbocycles. The van der Waals surface area contributed by atoms with Gasteiger partial charge >= 0.3 is 0 Å². The van der Waals surface area contributed by atoms with Crippen LogP contribution >= 0.6 is 0 Å². The molecule has 0 spiro atoms. The van der Waals surface area contributed by atoms with Gasteiger partial charge in [-0.15, -0.1) is 0 Å². The van der Waals surface area contributed by atoms with Crippen LogP contribution in [0.5, 0.6) is 0 Å². The van der Waals surface area contributed by atoms with Crippen molar-refractivity contribution < 1.29 is 9.59 Å². The molecule has 4 nitrogen and oxygen atoms in total. The normalized spacial score (nSPS) is 14.7. The lowest BCUT2D eigenvalue weighted by Crippen LogP contribution is -2.51. The summed E-state index contributed by atoms with van der Waals surface area (Å²) in [6, 6.07) is 17.3. The minimum atomic E-state index is -0.526. The van der Waals surface area contributed by atoms with Crippen LogP contribution < -0.4 is 5.32 Å². The number of rotatable bonds is 7. The number of nitrogens with one attached hydrogen (secondary N) is 1. The second kappa shape index (κ2) is 8.38. The molecule has 27 heavy (non-hydrogen) atoms. The highest BCUT2D eigenvalue weighted by Gasteiger charge is 2.37. The smallest absolute Gasteiger partial charge is 0.251 e. The highest BCUT2D eigenvalue weighted by molar-refractivity contribution is 5.97. The Morgan fingerprint density at radius 1 is 1.07 bits per heavy atom. The van der Waals surface area contributed by atoms with Gasteiger partial charge in [-0.3, -0.25) is 9.59 Å². The first-order chi connectivity index (χ1) is 13.0. The Labute approximate surface area is 161 Å². The monoisotopic (exact) mass is 364 g/mol. The van der Waals surface area contributed by atoms with E-state index in [1.807, 2.05) is 74.2 Å². The minimum Gasteiger partial charge on any atom is -0.340 e. The van der Waals surface area contributed by atoms with Crippen molar-refractivity contribution in [1.29, 1.82) is 0 Å². The Morgan fingerprint density at radius 3 is 2.37 bits per heavy atom. The van der Waals surface area contributed by atoms with E-state index in [-0.39, 0.29) is 23.8 Å². The predicted molar refractivity (Wildman–Crippen MR) is 107 cm³/mol. The quantitative estimate of drug-likeness (QED) is 0.809. The third-order valence-electron chi connectivity index (χ3n) is 4.97. The van der Waals surface area contributed by atoms with Gasteiger partial charge in [0, 0.05) is 18.2 Å². The van der Waals surface area contributed by atoms with Crippen molar-refractivity contribution in [3.63, 3.8) is 0 Å². The Balaban J connectivity index is 1.76. The van der Waals surface area contributed by atoms with E-state index in [1.165, 1.54) is 0 Å². The lowest BCUT2D eigenvalue weighted by molar-refractivity contribution is -0.135. The molecule has 2 aromatic rings. The lowest BCUT2D eigenvalue weighted by atomic mass is 10.0. The Hall–Kier alpha value is -2.62. The molecule has 2 amide bonds. The van der Waals surface area contributed by atoms with Crippen LogP contribution in [0.25, 0.3) is 0 Å². The average molecular weight is 364 g/mol. The summed E-state index contributed by atoms with van der Waals surface area (Å²) < 4.78 is 0. The predicted octanol–water partition coefficient (Wildman–Crippen LogP) is 3.94. The zero-order chi connectivity index (χ0) is 19.4. The van der Waals surface area contributed by atoms with Gasteiger partial charge in [-0.2, -0.15) is 0 Å². The molecule has 0 radical (unpaired) electrons. The molecule has 0 heterocycles. The van der Waals surface area contributed by atoms with E-state index in [0.717, 1.165) is 24.0 Å². The summed E-state index contributed by atoms with van der Waals surface area (Å²) >= 11 is 0. The molecular weight excluding hydrogens is 336 g/mol. The van der Waals surface area contributed by atoms with E-state index in [0.29, 0.717) is 12.1 Å². The highest BCUT2D eigenvalue weighted by Crippen LogP contribution is 2.29. The SMILES string of the molecule is Cc1cccc(C(=O)NC(C(=O)N(Cc2ccccc2)C2CC2)C(C)C)c1. The fraction of sp³-hybridized carbons (Fsp3) is 0.391. The van der Waals surface area contributed by atoms with Gasteiger partial charge in [0.1, 0.15) is 6.04 Å². The van der Waals surface area contributed by atoms with Crippen LogP contribution in [-0.4, -0.2) is 28.8 Å². The van der Waals surface area contributed by atoms with Gasteiger partial charge in [-0.05, 0) is 43.4 Å². The zero-order valence-corrected chi connectivity index (χ0v) is 16.3. The molecule has 1 aliphatic carbocycles. The van der Waals surface area contributed by atoms with Crippen molar-refractivity contribution in [2.45, 2.75) is 52.2 Å². The Bertz CT molecular complexity index is 797. The van der Waals surface area contributed by atoms with Crippen LogP contribution in [0.15, 0.2) is 54.6 Å². The van der Waals surface area contributed by atoms with Crippen molar-refractivity contribution in [3.8, 4) is 0 Å². The van der Waals surface area contributed by atoms with Crippen LogP contribution in [0.4, 0.5) is 0 Å². The van der Waals surface area contributed by atoms with Crippen LogP contribution in [0.2, 0.25) is 0 Å². The summed E-state index contributed by atoms with van der Waals surface area (Å²) in [5.41, 5.74) is 2.73. The van der Waals surface area contributed by atoms with Gasteiger partial charge < -0.3 is 10.2 Å². The van der Waals surface area contributed by atoms with E-state index >= 15 is 0 Å². The molecule has 1 N–H and O–H groups in total. The standard InChI is InChI=1S/C23H28N2O2/c1-16(2)21(24-22(26)19-11-7-8-17(3)14-19)23(27)25(20-12-13-20)15-18-9-5-4-6-10-18/h4-11,14,16,20-21H,12-13,15H2,1-3H3,(H,24,26). The van der Waals surface area contributed by atoms with E-state index in [4.69, 9.17) is 0 Å². The van der Waals surface area contributed by atoms with Crippen molar-refractivity contribution in [1.82, 2.24) is 10.2 Å². The van der Waals surface area contributed by atoms with Gasteiger partial charge in [0.2, 0.25) is 5.91 Å². The Morgan fingerprint density at radius 2 is 1.78 bits per heavy atom. The summed E-state index contributed by atoms with van der Waals surface area (Å²) in [4.78, 5) is 28.0. The molecular formula is C23H28N2O2. The topological polar surface area (TPSA) is 49.4 Å². The van der Waals surface area contributed by atoms with Crippen molar-refractivity contribution >= 4 is 11.8 Å². The summed E-state index contributed by atoms with van der Waals surface area (Å²) in [6.45, 7) is 6.50. The van der Waals surface area contributed by atoms with Gasteiger partial charge in [0.05, 0.1) is 0 Å². The Kier molecular flexibility index (Phi) is 5.94. The van der Waals surface area contributed by atoms with Crippen LogP contribution in [0.1, 0.15) is 48.2 Å². The van der Waals surface area contributed by atoms with Crippen molar-refractivity contribution in [3.05, 3.63) is 71.3 Å². The number of nitrogens with zero attached hydrogens (tertiary/aromatic N) is 1. The minimum absolute atomic E-state index is 0.0114. The van der Waals surface area contributed by atoms with Crippen LogP contribution in [0.3, 0.4) is 0 Å². The van der Waals surface area contributed by atoms with Gasteiger partial charge in [-0.25, -0.2) is 0 Å². The molecule has 1 aliphatic rings. The first-order valence-electron chi connectivity index (χ1n) is 9.67. The number of hydrogen-bond acceptors (Lipinski definition) is 2. The second-order valence-corrected chi connectivity index (χ2v) is 7.75. The molecule has 0 aromatic heterocycles. The first kappa shape index (κ1) is 19.2. The van der Waals surface area contributed by atoms with Crippen LogP contribution in [-0.2, 0) is 11.3 Å². The van der Waals surface area contributed by atoms with E-state index in [9.17, 15) is 9.59 Å². The van der Waals surface area contributed by atoms with E-state index < -0.39 is 6.04 Å². The number of carbonyl (C=O) groups excluding carboxylic acids is 2. The summed E-state index contributed by atoms with van der Waals surface area (Å²) in [5, 5.41) is 2.98. The van der Waals surface area contributed by atoms with Crippen molar-refractivity contribution in [2.24, 2.45) is 5.92 Å². The molecule has 0 bridgehead atoms. The van der Waals surface area contributed by atoms with Crippen LogP contribution in [0, 0.1) is 12.8 Å². The average Bonchev–Trinajstić information content (AvgIpc) is 3.49. The molecule has 0 aliphatic heterocycles. The first-order valence-corrected chi connectivity index (χ1v) is 9.67. The molecule has 0 saturated heterocycles. The highest BCUT2D eigenvalue weighted by atomic mass is 16.2. The number of benzene rings is 2. The number of hydrogen-bond donors (Lipinski definition) is 1. The van der Waals surface area contributed by atoms with Crippen molar-refractivity contribution in [2.75, 3.05) is 0 Å². The van der Waals surface area contributed by atoms with E-state index in [2.05, 4.69) is 5.32 Å². The molecule has 3 rings (SSSR count). The summed E-state index contributed by atoms with van der Waals surface area (Å²) in [7, 11) is 0. The number of aryl methyl sites for hydroxylation is 1. The molecule has 142 valence electrons. The van der Waals surface area contributed by atoms with Gasteiger partial charge in [0.15, 0.2) is 0 Å². The third-order valence-corrected chi connectivity index (χ3v) is 4.97. The maximum atomic E-state index is 13.3. The third kappa shape index (κ3) is 4.97. The molecule has 4 heteroatoms. The number of amides is 2. The fourth-order valence-electron chi connectivity index (χ4n) is 3.26. The zero-order valence-electron chi connectivity index (χ0n) is 16.3. The lowest BCUT2D eigenvalue weighted by Gasteiger charge is -2.30. The second-order valence-electron chi connectivity index (χ2n) is 7.75. The van der Waals surface area contributed by atoms with E-state index in [1.54, 1.807) is 6.07 Å². The fourth-order valence-corrected chi connectivity index (χ4v) is 3.26. The maximum absolute atomic E-state index is 13.3. The number of carbonyl (C=O) groups is 2. The van der Waals surface area contributed by atoms with Gasteiger partial charge in [-0.1, -0.05) is 61.9 Å². The summed E-state index contributed by atoms with van der Waals surface area (Å²) in [6.07, 6.45) is 2.07. The maximum Gasteiger partial charge on any atom is 0.251 e. The molecule has 1 unspecified atom stereocenters. The molecule has 1 atom stereocenters. The van der Waals surface area contributed by atoms with Gasteiger partial charge in [0.25, 0.3) is 5.91 Å². The molecule has 2 aromatic carbocycles. The molecule has 1 fully saturated rings. The summed E-state index contributed by atoms with van der Waals surface area (Å²) in [5.74, 6) is -0.165.